The predicted molar refractivity (Wildman–Crippen MR) is 123 cm³/mol. The predicted octanol–water partition coefficient (Wildman–Crippen LogP) is 8.56. The van der Waals surface area contributed by atoms with Crippen LogP contribution in [0.1, 0.15) is 56.6 Å². The SMILES string of the molecule is CCCCCCCCOc1c(Cl)cc(/C=C(\C#N)c2ccc(Br)cc2)cc1Cl. The van der Waals surface area contributed by atoms with E-state index in [4.69, 9.17) is 27.9 Å². The van der Waals surface area contributed by atoms with Crippen LogP contribution in [0.3, 0.4) is 0 Å². The number of nitrogens with zero attached hydrogens (tertiary/aromatic N) is 1. The normalized spacial score (nSPS) is 11.3. The summed E-state index contributed by atoms with van der Waals surface area (Å²) >= 11 is 16.2. The first-order chi connectivity index (χ1) is 13.5. The van der Waals surface area contributed by atoms with Crippen LogP contribution in [-0.4, -0.2) is 6.61 Å². The van der Waals surface area contributed by atoms with Gasteiger partial charge in [-0.25, -0.2) is 0 Å². The van der Waals surface area contributed by atoms with E-state index in [1.807, 2.05) is 24.3 Å². The number of benzene rings is 2. The number of hydrogen-bond donors (Lipinski definition) is 0. The Bertz CT molecular complexity index is 818. The molecule has 148 valence electrons. The number of unbranched alkanes of at least 4 members (excludes halogenated alkanes) is 5. The Kier molecular flexibility index (Phi) is 9.92. The van der Waals surface area contributed by atoms with E-state index in [-0.39, 0.29) is 0 Å². The average molecular weight is 481 g/mol. The lowest BCUT2D eigenvalue weighted by Crippen LogP contribution is -1.99. The van der Waals surface area contributed by atoms with Crippen molar-refractivity contribution in [2.75, 3.05) is 6.61 Å². The van der Waals surface area contributed by atoms with Gasteiger partial charge in [0.1, 0.15) is 0 Å². The van der Waals surface area contributed by atoms with Gasteiger partial charge in [-0.3, -0.25) is 0 Å². The molecule has 0 N–H and O–H groups in total. The molecule has 2 aromatic carbocycles. The van der Waals surface area contributed by atoms with Crippen LogP contribution in [0.5, 0.6) is 5.75 Å². The van der Waals surface area contributed by atoms with Crippen molar-refractivity contribution in [1.82, 2.24) is 0 Å². The highest BCUT2D eigenvalue weighted by Crippen LogP contribution is 2.35. The van der Waals surface area contributed by atoms with Gasteiger partial charge in [-0.2, -0.15) is 5.26 Å². The highest BCUT2D eigenvalue weighted by atomic mass is 79.9. The number of rotatable bonds is 10. The highest BCUT2D eigenvalue weighted by Gasteiger charge is 2.10. The van der Waals surface area contributed by atoms with Gasteiger partial charge in [0.15, 0.2) is 5.75 Å². The molecule has 5 heteroatoms. The molecule has 28 heavy (non-hydrogen) atoms. The Morgan fingerprint density at radius 1 is 1.04 bits per heavy atom. The zero-order valence-electron chi connectivity index (χ0n) is 16.0. The van der Waals surface area contributed by atoms with Gasteiger partial charge in [-0.15, -0.1) is 0 Å². The average Bonchev–Trinajstić information content (AvgIpc) is 2.68. The molecule has 2 rings (SSSR count). The zero-order valence-corrected chi connectivity index (χ0v) is 19.1. The van der Waals surface area contributed by atoms with Crippen molar-refractivity contribution in [2.45, 2.75) is 45.4 Å². The largest absolute Gasteiger partial charge is 0.490 e. The molecule has 0 spiro atoms. The maximum Gasteiger partial charge on any atom is 0.156 e. The van der Waals surface area contributed by atoms with Gasteiger partial charge in [0, 0.05) is 4.47 Å². The van der Waals surface area contributed by atoms with Gasteiger partial charge in [0.05, 0.1) is 28.3 Å². The van der Waals surface area contributed by atoms with Crippen molar-refractivity contribution in [3.05, 3.63) is 62.0 Å². The second kappa shape index (κ2) is 12.2. The standard InChI is InChI=1S/C23H24BrCl2NO/c1-2-3-4-5-6-7-12-28-23-21(25)14-17(15-22(23)26)13-19(16-27)18-8-10-20(24)11-9-18/h8-11,13-15H,2-7,12H2,1H3/b19-13+. The lowest BCUT2D eigenvalue weighted by atomic mass is 10.0. The number of hydrogen-bond acceptors (Lipinski definition) is 2. The van der Waals surface area contributed by atoms with Crippen LogP contribution < -0.4 is 4.74 Å². The third-order valence-electron chi connectivity index (χ3n) is 4.35. The van der Waals surface area contributed by atoms with Gasteiger partial charge in [-0.05, 0) is 47.9 Å². The third kappa shape index (κ3) is 7.17. The van der Waals surface area contributed by atoms with E-state index >= 15 is 0 Å². The Balaban J connectivity index is 2.04. The maximum atomic E-state index is 9.50. The molecule has 0 aromatic heterocycles. The Labute approximate surface area is 186 Å². The lowest BCUT2D eigenvalue weighted by molar-refractivity contribution is 0.304. The molecule has 0 saturated carbocycles. The Morgan fingerprint density at radius 2 is 1.64 bits per heavy atom. The Morgan fingerprint density at radius 3 is 2.25 bits per heavy atom. The van der Waals surface area contributed by atoms with Crippen LogP contribution in [-0.2, 0) is 0 Å². The summed E-state index contributed by atoms with van der Waals surface area (Å²) < 4.78 is 6.77. The summed E-state index contributed by atoms with van der Waals surface area (Å²) in [6, 6.07) is 13.4. The first-order valence-electron chi connectivity index (χ1n) is 9.54. The van der Waals surface area contributed by atoms with Crippen molar-refractivity contribution in [3.8, 4) is 11.8 Å². The van der Waals surface area contributed by atoms with Crippen LogP contribution in [0.2, 0.25) is 10.0 Å². The van der Waals surface area contributed by atoms with E-state index in [2.05, 4.69) is 28.9 Å². The third-order valence-corrected chi connectivity index (χ3v) is 5.44. The molecule has 0 radical (unpaired) electrons. The number of allylic oxidation sites excluding steroid dienone is 1. The number of nitriles is 1. The summed E-state index contributed by atoms with van der Waals surface area (Å²) in [5, 5.41) is 10.4. The molecule has 2 nitrogen and oxygen atoms in total. The summed E-state index contributed by atoms with van der Waals surface area (Å²) in [6.07, 6.45) is 8.96. The summed E-state index contributed by atoms with van der Waals surface area (Å²) in [4.78, 5) is 0. The molecule has 0 aliphatic rings. The van der Waals surface area contributed by atoms with E-state index in [0.29, 0.717) is 28.0 Å². The van der Waals surface area contributed by atoms with E-state index in [0.717, 1.165) is 28.4 Å². The molecule has 0 heterocycles. The van der Waals surface area contributed by atoms with Crippen LogP contribution in [0.25, 0.3) is 11.6 Å². The second-order valence-electron chi connectivity index (χ2n) is 6.61. The molecule has 0 unspecified atom stereocenters. The van der Waals surface area contributed by atoms with Gasteiger partial charge >= 0.3 is 0 Å². The van der Waals surface area contributed by atoms with E-state index in [9.17, 15) is 5.26 Å². The molecule has 0 amide bonds. The Hall–Kier alpha value is -1.47. The summed E-state index contributed by atoms with van der Waals surface area (Å²) in [7, 11) is 0. The van der Waals surface area contributed by atoms with Gasteiger partial charge in [0.2, 0.25) is 0 Å². The van der Waals surface area contributed by atoms with Crippen molar-refractivity contribution in [1.29, 1.82) is 5.26 Å². The molecule has 0 bridgehead atoms. The molecular weight excluding hydrogens is 457 g/mol. The monoisotopic (exact) mass is 479 g/mol. The molecule has 0 aliphatic carbocycles. The molecule has 0 aliphatic heterocycles. The fourth-order valence-electron chi connectivity index (χ4n) is 2.83. The van der Waals surface area contributed by atoms with Gasteiger partial charge in [0.25, 0.3) is 0 Å². The first-order valence-corrected chi connectivity index (χ1v) is 11.1. The summed E-state index contributed by atoms with van der Waals surface area (Å²) in [5.74, 6) is 0.510. The van der Waals surface area contributed by atoms with Crippen molar-refractivity contribution >= 4 is 50.8 Å². The lowest BCUT2D eigenvalue weighted by Gasteiger charge is -2.11. The minimum Gasteiger partial charge on any atom is -0.490 e. The number of ether oxygens (including phenoxy) is 1. The number of halogens is 3. The van der Waals surface area contributed by atoms with Gasteiger partial charge < -0.3 is 4.74 Å². The molecule has 0 saturated heterocycles. The topological polar surface area (TPSA) is 33.0 Å². The van der Waals surface area contributed by atoms with Gasteiger partial charge in [-0.1, -0.05) is 90.3 Å². The quantitative estimate of drug-likeness (QED) is 0.194. The van der Waals surface area contributed by atoms with Crippen molar-refractivity contribution < 1.29 is 4.74 Å². The molecule has 2 aromatic rings. The van der Waals surface area contributed by atoms with Crippen LogP contribution in [0.15, 0.2) is 40.9 Å². The van der Waals surface area contributed by atoms with Crippen molar-refractivity contribution in [3.63, 3.8) is 0 Å². The van der Waals surface area contributed by atoms with E-state index in [1.54, 1.807) is 18.2 Å². The minimum atomic E-state index is 0.456. The van der Waals surface area contributed by atoms with Crippen LogP contribution >= 0.6 is 39.1 Å². The second-order valence-corrected chi connectivity index (χ2v) is 8.34. The smallest absolute Gasteiger partial charge is 0.156 e. The first kappa shape index (κ1) is 22.8. The van der Waals surface area contributed by atoms with Crippen LogP contribution in [0.4, 0.5) is 0 Å². The summed E-state index contributed by atoms with van der Waals surface area (Å²) in [6.45, 7) is 2.81. The van der Waals surface area contributed by atoms with E-state index < -0.39 is 0 Å². The van der Waals surface area contributed by atoms with E-state index in [1.165, 1.54) is 25.7 Å². The zero-order chi connectivity index (χ0) is 20.4. The maximum absolute atomic E-state index is 9.50. The van der Waals surface area contributed by atoms with Crippen molar-refractivity contribution in [2.24, 2.45) is 0 Å². The van der Waals surface area contributed by atoms with Crippen LogP contribution in [0, 0.1) is 11.3 Å². The molecule has 0 atom stereocenters. The highest BCUT2D eigenvalue weighted by molar-refractivity contribution is 9.10. The fraction of sp³-hybridized carbons (Fsp3) is 0.348. The molecule has 0 fully saturated rings. The fourth-order valence-corrected chi connectivity index (χ4v) is 3.71. The molecular formula is C23H24BrCl2NO. The summed E-state index contributed by atoms with van der Waals surface area (Å²) in [5.41, 5.74) is 2.14. The minimum absolute atomic E-state index is 0.456.